The van der Waals surface area contributed by atoms with Crippen LogP contribution in [0.15, 0.2) is 101 Å². The summed E-state index contributed by atoms with van der Waals surface area (Å²) in [6.07, 6.45) is 3.05. The molecule has 3 aromatic carbocycles. The molecule has 0 aliphatic heterocycles. The molecule has 0 N–H and O–H groups in total. The molecule has 0 saturated heterocycles. The normalized spacial score (nSPS) is 13.1. The first kappa shape index (κ1) is 22.4. The zero-order valence-corrected chi connectivity index (χ0v) is 18.9. The van der Waals surface area contributed by atoms with E-state index in [1.807, 2.05) is 91.8 Å². The Hall–Kier alpha value is -2.33. The highest BCUT2D eigenvalue weighted by molar-refractivity contribution is 7.99. The lowest BCUT2D eigenvalue weighted by Crippen LogP contribution is -2.52. The van der Waals surface area contributed by atoms with Crippen LogP contribution in [-0.2, 0) is 6.42 Å². The Bertz CT molecular complexity index is 984. The van der Waals surface area contributed by atoms with Gasteiger partial charge in [0.05, 0.1) is 5.54 Å². The number of ketones is 1. The molecule has 0 saturated carbocycles. The fourth-order valence-corrected chi connectivity index (χ4v) is 4.49. The number of hydrogen-bond acceptors (Lipinski definition) is 3. The van der Waals surface area contributed by atoms with Crippen molar-refractivity contribution in [3.05, 3.63) is 108 Å². The Kier molecular flexibility index (Phi) is 7.54. The van der Waals surface area contributed by atoms with Gasteiger partial charge in [0.2, 0.25) is 0 Å². The van der Waals surface area contributed by atoms with Crippen LogP contribution < -0.4 is 0 Å². The van der Waals surface area contributed by atoms with Gasteiger partial charge >= 0.3 is 0 Å². The molecule has 0 aliphatic rings. The summed E-state index contributed by atoms with van der Waals surface area (Å²) in [5.74, 6) is 0.110. The summed E-state index contributed by atoms with van der Waals surface area (Å²) >= 11 is 7.61. The van der Waals surface area contributed by atoms with Gasteiger partial charge in [-0.2, -0.15) is 0 Å². The molecular formula is C26H26ClNOS. The molecule has 0 aromatic heterocycles. The molecular weight excluding hydrogens is 410 g/mol. The number of carbonyl (C=O) groups excluding carboxylic acids is 1. The summed E-state index contributed by atoms with van der Waals surface area (Å²) < 4.78 is 0. The first-order chi connectivity index (χ1) is 14.4. The van der Waals surface area contributed by atoms with Crippen molar-refractivity contribution in [1.29, 1.82) is 0 Å². The lowest BCUT2D eigenvalue weighted by atomic mass is 9.79. The number of rotatable bonds is 9. The number of carbonyl (C=O) groups is 1. The fourth-order valence-electron chi connectivity index (χ4n) is 3.54. The van der Waals surface area contributed by atoms with Crippen LogP contribution in [-0.4, -0.2) is 30.3 Å². The Morgan fingerprint density at radius 2 is 1.53 bits per heavy atom. The molecule has 0 amide bonds. The van der Waals surface area contributed by atoms with Crippen LogP contribution in [0.25, 0.3) is 0 Å². The second kappa shape index (κ2) is 10.1. The summed E-state index contributed by atoms with van der Waals surface area (Å²) in [4.78, 5) is 17.9. The maximum Gasteiger partial charge on any atom is 0.183 e. The number of likely N-dealkylation sites (N-methyl/N-ethyl adjacent to an activating group) is 1. The van der Waals surface area contributed by atoms with Crippen molar-refractivity contribution in [2.75, 3.05) is 14.1 Å². The van der Waals surface area contributed by atoms with Gasteiger partial charge in [-0.25, -0.2) is 0 Å². The molecule has 4 heteroatoms. The zero-order chi connectivity index (χ0) is 21.6. The van der Waals surface area contributed by atoms with Gasteiger partial charge in [0.25, 0.3) is 0 Å². The smallest absolute Gasteiger partial charge is 0.183 e. The number of halogens is 1. The largest absolute Gasteiger partial charge is 0.296 e. The number of benzene rings is 3. The average molecular weight is 436 g/mol. The molecule has 0 bridgehead atoms. The van der Waals surface area contributed by atoms with Crippen molar-refractivity contribution < 1.29 is 4.79 Å². The molecule has 0 spiro atoms. The molecule has 3 aromatic rings. The Morgan fingerprint density at radius 3 is 2.07 bits per heavy atom. The van der Waals surface area contributed by atoms with Crippen molar-refractivity contribution >= 4 is 29.1 Å². The lowest BCUT2D eigenvalue weighted by Gasteiger charge is -2.38. The zero-order valence-electron chi connectivity index (χ0n) is 17.3. The monoisotopic (exact) mass is 435 g/mol. The Balaban J connectivity index is 1.86. The van der Waals surface area contributed by atoms with Crippen molar-refractivity contribution in [2.45, 2.75) is 28.2 Å². The van der Waals surface area contributed by atoms with E-state index < -0.39 is 5.54 Å². The van der Waals surface area contributed by atoms with E-state index in [1.165, 1.54) is 0 Å². The number of hydrogen-bond donors (Lipinski definition) is 0. The third kappa shape index (κ3) is 5.23. The van der Waals surface area contributed by atoms with Crippen LogP contribution in [0.4, 0.5) is 0 Å². The predicted octanol–water partition coefficient (Wildman–Crippen LogP) is 6.79. The molecule has 1 unspecified atom stereocenters. The summed E-state index contributed by atoms with van der Waals surface area (Å²) in [6, 6.07) is 25.8. The predicted molar refractivity (Wildman–Crippen MR) is 128 cm³/mol. The maximum absolute atomic E-state index is 13.7. The molecule has 3 rings (SSSR count). The van der Waals surface area contributed by atoms with Gasteiger partial charge in [-0.1, -0.05) is 71.9 Å². The first-order valence-corrected chi connectivity index (χ1v) is 11.0. The van der Waals surface area contributed by atoms with Crippen LogP contribution in [0, 0.1) is 0 Å². The second-order valence-corrected chi connectivity index (χ2v) is 9.07. The molecule has 0 fully saturated rings. The minimum absolute atomic E-state index is 0.110. The highest BCUT2D eigenvalue weighted by Crippen LogP contribution is 2.31. The van der Waals surface area contributed by atoms with Crippen molar-refractivity contribution in [2.24, 2.45) is 0 Å². The lowest BCUT2D eigenvalue weighted by molar-refractivity contribution is 0.0683. The Labute approximate surface area is 188 Å². The average Bonchev–Trinajstić information content (AvgIpc) is 2.75. The van der Waals surface area contributed by atoms with E-state index in [0.717, 1.165) is 20.4 Å². The van der Waals surface area contributed by atoms with E-state index in [1.54, 1.807) is 11.8 Å². The third-order valence-electron chi connectivity index (χ3n) is 5.27. The van der Waals surface area contributed by atoms with Gasteiger partial charge in [-0.3, -0.25) is 9.69 Å². The molecule has 0 radical (unpaired) electrons. The van der Waals surface area contributed by atoms with Crippen molar-refractivity contribution in [1.82, 2.24) is 4.90 Å². The SMILES string of the molecule is C=CCC(Cc1ccccc1)(C(=O)c1ccc(Sc2ccc(Cl)cc2)cc1)N(C)C. The second-order valence-electron chi connectivity index (χ2n) is 7.49. The molecule has 1 atom stereocenters. The van der Waals surface area contributed by atoms with Gasteiger partial charge in [0, 0.05) is 20.4 Å². The molecule has 0 heterocycles. The van der Waals surface area contributed by atoms with E-state index in [9.17, 15) is 4.79 Å². The number of Topliss-reactive ketones (excluding diaryl/α,β-unsaturated/α-hetero) is 1. The minimum atomic E-state index is -0.673. The van der Waals surface area contributed by atoms with Crippen LogP contribution in [0.3, 0.4) is 0 Å². The van der Waals surface area contributed by atoms with Crippen LogP contribution in [0.5, 0.6) is 0 Å². The summed E-state index contributed by atoms with van der Waals surface area (Å²) in [5.41, 5.74) is 1.17. The van der Waals surface area contributed by atoms with Gasteiger partial charge < -0.3 is 0 Å². The van der Waals surface area contributed by atoms with E-state index in [0.29, 0.717) is 18.4 Å². The molecule has 2 nitrogen and oxygen atoms in total. The van der Waals surface area contributed by atoms with Crippen molar-refractivity contribution in [3.63, 3.8) is 0 Å². The van der Waals surface area contributed by atoms with Crippen molar-refractivity contribution in [3.8, 4) is 0 Å². The quantitative estimate of drug-likeness (QED) is 0.272. The summed E-state index contributed by atoms with van der Waals surface area (Å²) in [5, 5.41) is 0.723. The third-order valence-corrected chi connectivity index (χ3v) is 6.53. The molecule has 154 valence electrons. The van der Waals surface area contributed by atoms with Gasteiger partial charge in [0.1, 0.15) is 0 Å². The van der Waals surface area contributed by atoms with Gasteiger partial charge in [0.15, 0.2) is 5.78 Å². The van der Waals surface area contributed by atoms with E-state index in [2.05, 4.69) is 18.7 Å². The van der Waals surface area contributed by atoms with Gasteiger partial charge in [-0.05, 0) is 68.9 Å². The van der Waals surface area contributed by atoms with Gasteiger partial charge in [-0.15, -0.1) is 6.58 Å². The fraction of sp³-hybridized carbons (Fsp3) is 0.192. The highest BCUT2D eigenvalue weighted by Gasteiger charge is 2.40. The highest BCUT2D eigenvalue weighted by atomic mass is 35.5. The first-order valence-electron chi connectivity index (χ1n) is 9.85. The maximum atomic E-state index is 13.7. The van der Waals surface area contributed by atoms with E-state index >= 15 is 0 Å². The summed E-state index contributed by atoms with van der Waals surface area (Å²) in [6.45, 7) is 3.92. The Morgan fingerprint density at radius 1 is 0.967 bits per heavy atom. The number of nitrogens with zero attached hydrogens (tertiary/aromatic N) is 1. The minimum Gasteiger partial charge on any atom is -0.296 e. The van der Waals surface area contributed by atoms with E-state index in [4.69, 9.17) is 11.6 Å². The molecule has 30 heavy (non-hydrogen) atoms. The van der Waals surface area contributed by atoms with Crippen LogP contribution >= 0.6 is 23.4 Å². The van der Waals surface area contributed by atoms with E-state index in [-0.39, 0.29) is 5.78 Å². The molecule has 0 aliphatic carbocycles. The topological polar surface area (TPSA) is 20.3 Å². The summed E-state index contributed by atoms with van der Waals surface area (Å²) in [7, 11) is 3.93. The van der Waals surface area contributed by atoms with Crippen LogP contribution in [0.2, 0.25) is 5.02 Å². The van der Waals surface area contributed by atoms with Crippen LogP contribution in [0.1, 0.15) is 22.3 Å². The standard InChI is InChI=1S/C26H26ClNOS/c1-4-18-26(28(2)3,19-20-8-6-5-7-9-20)25(29)21-10-14-23(15-11-21)30-24-16-12-22(27)13-17-24/h4-17H,1,18-19H2,2-3H3.